The van der Waals surface area contributed by atoms with Crippen LogP contribution in [0, 0.1) is 0 Å². The third kappa shape index (κ3) is 4.01. The van der Waals surface area contributed by atoms with Crippen LogP contribution in [0.5, 0.6) is 11.5 Å². The summed E-state index contributed by atoms with van der Waals surface area (Å²) in [6.45, 7) is 2.65. The Balaban J connectivity index is 1.82. The minimum atomic E-state index is -0.496. The summed E-state index contributed by atoms with van der Waals surface area (Å²) in [6.07, 6.45) is 3.99. The predicted molar refractivity (Wildman–Crippen MR) is 102 cm³/mol. The summed E-state index contributed by atoms with van der Waals surface area (Å²) in [4.78, 5) is 4.00. The Morgan fingerprint density at radius 3 is 2.46 bits per heavy atom. The maximum absolute atomic E-state index is 6.16. The second-order valence-corrected chi connectivity index (χ2v) is 6.69. The first-order valence-electron chi connectivity index (χ1n) is 8.17. The number of aromatic nitrogens is 3. The van der Waals surface area contributed by atoms with Crippen molar-refractivity contribution in [1.82, 2.24) is 14.8 Å². The van der Waals surface area contributed by atoms with Crippen LogP contribution >= 0.6 is 23.2 Å². The largest absolute Gasteiger partial charge is 0.456 e. The average Bonchev–Trinajstić information content (AvgIpc) is 3.16. The molecule has 0 amide bonds. The van der Waals surface area contributed by atoms with Crippen LogP contribution in [0.1, 0.15) is 18.9 Å². The number of halogens is 2. The molecule has 1 atom stereocenters. The smallest absolute Gasteiger partial charge is 0.146 e. The van der Waals surface area contributed by atoms with Gasteiger partial charge in [0.1, 0.15) is 29.8 Å². The first-order chi connectivity index (χ1) is 12.6. The molecule has 0 N–H and O–H groups in total. The Labute approximate surface area is 162 Å². The van der Waals surface area contributed by atoms with Crippen LogP contribution in [-0.2, 0) is 16.9 Å². The van der Waals surface area contributed by atoms with Gasteiger partial charge < -0.3 is 9.47 Å². The SMILES string of the molecule is CCC(Cn1cncn1)(OC)c1ccc(Oc2ccc(Cl)cc2Cl)cc1. The van der Waals surface area contributed by atoms with Crippen LogP contribution in [0.3, 0.4) is 0 Å². The van der Waals surface area contributed by atoms with E-state index in [2.05, 4.69) is 17.0 Å². The molecule has 7 heteroatoms. The lowest BCUT2D eigenvalue weighted by molar-refractivity contribution is -0.0354. The third-order valence-corrected chi connectivity index (χ3v) is 4.88. The molecule has 0 saturated heterocycles. The van der Waals surface area contributed by atoms with Crippen molar-refractivity contribution >= 4 is 23.2 Å². The summed E-state index contributed by atoms with van der Waals surface area (Å²) in [5.74, 6) is 1.24. The molecule has 0 bridgehead atoms. The zero-order valence-electron chi connectivity index (χ0n) is 14.5. The van der Waals surface area contributed by atoms with Crippen LogP contribution in [0.15, 0.2) is 55.1 Å². The molecule has 3 rings (SSSR count). The summed E-state index contributed by atoms with van der Waals surface area (Å²) in [5, 5.41) is 5.22. The van der Waals surface area contributed by atoms with Gasteiger partial charge in [0, 0.05) is 12.1 Å². The van der Waals surface area contributed by atoms with Gasteiger partial charge >= 0.3 is 0 Å². The van der Waals surface area contributed by atoms with Crippen LogP contribution in [-0.4, -0.2) is 21.9 Å². The number of rotatable bonds is 7. The van der Waals surface area contributed by atoms with E-state index in [1.54, 1.807) is 36.3 Å². The van der Waals surface area contributed by atoms with Crippen LogP contribution < -0.4 is 4.74 Å². The molecule has 1 unspecified atom stereocenters. The summed E-state index contributed by atoms with van der Waals surface area (Å²) in [5.41, 5.74) is 0.539. The Kier molecular flexibility index (Phi) is 5.81. The molecule has 0 aliphatic carbocycles. The lowest BCUT2D eigenvalue weighted by Gasteiger charge is -2.31. The van der Waals surface area contributed by atoms with Crippen molar-refractivity contribution in [2.24, 2.45) is 0 Å². The molecule has 3 aromatic rings. The zero-order valence-corrected chi connectivity index (χ0v) is 16.0. The molecule has 5 nitrogen and oxygen atoms in total. The molecule has 0 fully saturated rings. The highest BCUT2D eigenvalue weighted by Crippen LogP contribution is 2.35. The van der Waals surface area contributed by atoms with Crippen molar-refractivity contribution in [2.75, 3.05) is 7.11 Å². The van der Waals surface area contributed by atoms with Crippen molar-refractivity contribution in [3.8, 4) is 11.5 Å². The fraction of sp³-hybridized carbons (Fsp3) is 0.263. The van der Waals surface area contributed by atoms with Gasteiger partial charge in [-0.25, -0.2) is 9.67 Å². The number of hydrogen-bond donors (Lipinski definition) is 0. The van der Waals surface area contributed by atoms with Crippen LogP contribution in [0.4, 0.5) is 0 Å². The molecule has 26 heavy (non-hydrogen) atoms. The summed E-state index contributed by atoms with van der Waals surface area (Å²) in [6, 6.07) is 12.9. The molecule has 0 aliphatic heterocycles. The molecule has 0 saturated carbocycles. The summed E-state index contributed by atoms with van der Waals surface area (Å²) in [7, 11) is 1.71. The van der Waals surface area contributed by atoms with E-state index in [9.17, 15) is 0 Å². The highest BCUT2D eigenvalue weighted by atomic mass is 35.5. The number of ether oxygens (including phenoxy) is 2. The Morgan fingerprint density at radius 2 is 1.88 bits per heavy atom. The van der Waals surface area contributed by atoms with Gasteiger partial charge in [-0.3, -0.25) is 0 Å². The van der Waals surface area contributed by atoms with Gasteiger partial charge in [0.2, 0.25) is 0 Å². The van der Waals surface area contributed by atoms with E-state index in [1.165, 1.54) is 6.33 Å². The lowest BCUT2D eigenvalue weighted by Crippen LogP contribution is -2.33. The van der Waals surface area contributed by atoms with Crippen LogP contribution in [0.25, 0.3) is 0 Å². The molecule has 1 heterocycles. The first-order valence-corrected chi connectivity index (χ1v) is 8.93. The van der Waals surface area contributed by atoms with Gasteiger partial charge in [0.05, 0.1) is 11.6 Å². The molecule has 0 radical (unpaired) electrons. The first kappa shape index (κ1) is 18.7. The van der Waals surface area contributed by atoms with Gasteiger partial charge in [0.25, 0.3) is 0 Å². The van der Waals surface area contributed by atoms with Gasteiger partial charge in [-0.15, -0.1) is 0 Å². The quantitative estimate of drug-likeness (QED) is 0.545. The van der Waals surface area contributed by atoms with Crippen molar-refractivity contribution in [3.05, 3.63) is 70.7 Å². The second-order valence-electron chi connectivity index (χ2n) is 5.85. The molecule has 136 valence electrons. The van der Waals surface area contributed by atoms with Gasteiger partial charge in [0.15, 0.2) is 0 Å². The van der Waals surface area contributed by atoms with Crippen molar-refractivity contribution < 1.29 is 9.47 Å². The fourth-order valence-corrected chi connectivity index (χ4v) is 3.27. The van der Waals surface area contributed by atoms with Gasteiger partial charge in [-0.1, -0.05) is 42.3 Å². The highest BCUT2D eigenvalue weighted by molar-refractivity contribution is 6.35. The molecule has 0 spiro atoms. The monoisotopic (exact) mass is 391 g/mol. The van der Waals surface area contributed by atoms with E-state index in [0.29, 0.717) is 28.1 Å². The Morgan fingerprint density at radius 1 is 1.12 bits per heavy atom. The van der Waals surface area contributed by atoms with E-state index < -0.39 is 5.60 Å². The number of nitrogens with zero attached hydrogens (tertiary/aromatic N) is 3. The van der Waals surface area contributed by atoms with E-state index >= 15 is 0 Å². The maximum atomic E-state index is 6.16. The summed E-state index contributed by atoms with van der Waals surface area (Å²) >= 11 is 12.1. The van der Waals surface area contributed by atoms with E-state index in [0.717, 1.165) is 12.0 Å². The number of hydrogen-bond acceptors (Lipinski definition) is 4. The van der Waals surface area contributed by atoms with Gasteiger partial charge in [-0.2, -0.15) is 5.10 Å². The van der Waals surface area contributed by atoms with E-state index in [1.807, 2.05) is 24.3 Å². The van der Waals surface area contributed by atoms with Crippen molar-refractivity contribution in [3.63, 3.8) is 0 Å². The third-order valence-electron chi connectivity index (χ3n) is 4.35. The molecule has 0 aliphatic rings. The maximum Gasteiger partial charge on any atom is 0.146 e. The standard InChI is InChI=1S/C19H19Cl2N3O2/c1-3-19(25-2,11-24-13-22-12-23-24)14-4-7-16(8-5-14)26-18-9-6-15(20)10-17(18)21/h4-10,12-13H,3,11H2,1-2H3. The second kappa shape index (κ2) is 8.08. The minimum Gasteiger partial charge on any atom is -0.456 e. The Hall–Kier alpha value is -2.08. The predicted octanol–water partition coefficient (Wildman–Crippen LogP) is 5.33. The summed E-state index contributed by atoms with van der Waals surface area (Å²) < 4.78 is 13.5. The van der Waals surface area contributed by atoms with E-state index in [-0.39, 0.29) is 0 Å². The molecular weight excluding hydrogens is 373 g/mol. The number of methoxy groups -OCH3 is 1. The number of benzene rings is 2. The van der Waals surface area contributed by atoms with Gasteiger partial charge in [-0.05, 0) is 42.3 Å². The normalized spacial score (nSPS) is 13.4. The molecule has 1 aromatic heterocycles. The van der Waals surface area contributed by atoms with E-state index in [4.69, 9.17) is 32.7 Å². The van der Waals surface area contributed by atoms with Crippen LogP contribution in [0.2, 0.25) is 10.0 Å². The van der Waals surface area contributed by atoms with Crippen molar-refractivity contribution in [1.29, 1.82) is 0 Å². The fourth-order valence-electron chi connectivity index (χ4n) is 2.82. The minimum absolute atomic E-state index is 0.465. The lowest BCUT2D eigenvalue weighted by atomic mass is 9.90. The molecule has 2 aromatic carbocycles. The molecular formula is C19H19Cl2N3O2. The topological polar surface area (TPSA) is 49.2 Å². The van der Waals surface area contributed by atoms with Crippen molar-refractivity contribution in [2.45, 2.75) is 25.5 Å². The average molecular weight is 392 g/mol. The Bertz CT molecular complexity index is 848. The highest BCUT2D eigenvalue weighted by Gasteiger charge is 2.31. The zero-order chi connectivity index (χ0) is 18.6.